The van der Waals surface area contributed by atoms with Crippen LogP contribution in [0.15, 0.2) is 18.2 Å². The van der Waals surface area contributed by atoms with Crippen molar-refractivity contribution in [3.8, 4) is 5.75 Å². The second-order valence-electron chi connectivity index (χ2n) is 3.53. The Morgan fingerprint density at radius 1 is 1.27 bits per heavy atom. The molecule has 0 fully saturated rings. The van der Waals surface area contributed by atoms with Gasteiger partial charge in [-0.15, -0.1) is 11.6 Å². The Kier molecular flexibility index (Phi) is 5.48. The summed E-state index contributed by atoms with van der Waals surface area (Å²) in [6, 6.07) is 4.88. The van der Waals surface area contributed by atoms with E-state index in [1.807, 2.05) is 6.92 Å². The van der Waals surface area contributed by atoms with Crippen LogP contribution in [0, 0.1) is 12.7 Å². The van der Waals surface area contributed by atoms with E-state index in [2.05, 4.69) is 0 Å². The van der Waals surface area contributed by atoms with Gasteiger partial charge in [0.15, 0.2) is 11.6 Å². The largest absolute Gasteiger partial charge is 0.491 e. The Labute approximate surface area is 95.2 Å². The van der Waals surface area contributed by atoms with E-state index in [4.69, 9.17) is 16.3 Å². The minimum atomic E-state index is -0.294. The summed E-state index contributed by atoms with van der Waals surface area (Å²) in [6.07, 6.45) is 2.93. The maximum Gasteiger partial charge on any atom is 0.165 e. The van der Waals surface area contributed by atoms with Crippen LogP contribution in [0.5, 0.6) is 5.75 Å². The van der Waals surface area contributed by atoms with Crippen LogP contribution in [-0.2, 0) is 0 Å². The second-order valence-corrected chi connectivity index (χ2v) is 3.91. The highest BCUT2D eigenvalue weighted by Crippen LogP contribution is 2.18. The fourth-order valence-corrected chi connectivity index (χ4v) is 1.47. The van der Waals surface area contributed by atoms with Crippen LogP contribution in [0.4, 0.5) is 4.39 Å². The van der Waals surface area contributed by atoms with Crippen molar-refractivity contribution in [3.63, 3.8) is 0 Å². The van der Waals surface area contributed by atoms with Crippen molar-refractivity contribution in [1.82, 2.24) is 0 Å². The summed E-state index contributed by atoms with van der Waals surface area (Å²) in [5, 5.41) is 0. The molecule has 0 aliphatic carbocycles. The molecule has 1 rings (SSSR count). The summed E-state index contributed by atoms with van der Waals surface area (Å²) < 4.78 is 18.5. The Morgan fingerprint density at radius 3 is 2.80 bits per heavy atom. The Hall–Kier alpha value is -0.760. The van der Waals surface area contributed by atoms with Gasteiger partial charge >= 0.3 is 0 Å². The maximum absolute atomic E-state index is 13.2. The lowest BCUT2D eigenvalue weighted by Crippen LogP contribution is -1.99. The number of aryl methyl sites for hydroxylation is 1. The number of alkyl halides is 1. The van der Waals surface area contributed by atoms with Crippen LogP contribution in [-0.4, -0.2) is 12.5 Å². The first-order chi connectivity index (χ1) is 7.24. The van der Waals surface area contributed by atoms with E-state index in [0.717, 1.165) is 24.8 Å². The number of hydrogen-bond donors (Lipinski definition) is 0. The topological polar surface area (TPSA) is 9.23 Å². The molecule has 1 aromatic carbocycles. The predicted molar refractivity (Wildman–Crippen MR) is 61.2 cm³/mol. The van der Waals surface area contributed by atoms with E-state index in [9.17, 15) is 4.39 Å². The number of halogens is 2. The molecule has 0 saturated heterocycles. The molecule has 0 spiro atoms. The molecular weight excluding hydrogens is 215 g/mol. The fourth-order valence-electron chi connectivity index (χ4n) is 1.28. The van der Waals surface area contributed by atoms with E-state index >= 15 is 0 Å². The van der Waals surface area contributed by atoms with Gasteiger partial charge in [0, 0.05) is 5.88 Å². The quantitative estimate of drug-likeness (QED) is 0.532. The Bertz CT molecular complexity index is 302. The predicted octanol–water partition coefficient (Wildman–Crippen LogP) is 3.92. The van der Waals surface area contributed by atoms with Gasteiger partial charge in [0.25, 0.3) is 0 Å². The SMILES string of the molecule is Cc1ccc(F)c(OCCCCCCl)c1. The molecule has 1 nitrogen and oxygen atoms in total. The fraction of sp³-hybridized carbons (Fsp3) is 0.500. The molecule has 0 atom stereocenters. The molecule has 0 heterocycles. The zero-order valence-electron chi connectivity index (χ0n) is 8.93. The molecular formula is C12H16ClFO. The highest BCUT2D eigenvalue weighted by atomic mass is 35.5. The van der Waals surface area contributed by atoms with Crippen molar-refractivity contribution >= 4 is 11.6 Å². The van der Waals surface area contributed by atoms with Gasteiger partial charge in [0.2, 0.25) is 0 Å². The van der Waals surface area contributed by atoms with Crippen LogP contribution >= 0.6 is 11.6 Å². The molecule has 0 bridgehead atoms. The van der Waals surface area contributed by atoms with Crippen LogP contribution < -0.4 is 4.74 Å². The average molecular weight is 231 g/mol. The summed E-state index contributed by atoms with van der Waals surface area (Å²) in [4.78, 5) is 0. The second kappa shape index (κ2) is 6.67. The number of rotatable bonds is 6. The van der Waals surface area contributed by atoms with Crippen LogP contribution in [0.2, 0.25) is 0 Å². The van der Waals surface area contributed by atoms with Crippen LogP contribution in [0.3, 0.4) is 0 Å². The van der Waals surface area contributed by atoms with Crippen molar-refractivity contribution in [2.45, 2.75) is 26.2 Å². The maximum atomic E-state index is 13.2. The van der Waals surface area contributed by atoms with Crippen LogP contribution in [0.1, 0.15) is 24.8 Å². The smallest absolute Gasteiger partial charge is 0.165 e. The van der Waals surface area contributed by atoms with Crippen molar-refractivity contribution in [2.75, 3.05) is 12.5 Å². The van der Waals surface area contributed by atoms with Gasteiger partial charge in [-0.25, -0.2) is 4.39 Å². The first kappa shape index (κ1) is 12.3. The molecule has 0 aliphatic heterocycles. The van der Waals surface area contributed by atoms with E-state index < -0.39 is 0 Å². The molecule has 84 valence electrons. The molecule has 0 aliphatic rings. The van der Waals surface area contributed by atoms with E-state index in [0.29, 0.717) is 18.2 Å². The summed E-state index contributed by atoms with van der Waals surface area (Å²) >= 11 is 5.54. The van der Waals surface area contributed by atoms with Crippen LogP contribution in [0.25, 0.3) is 0 Å². The third-order valence-electron chi connectivity index (χ3n) is 2.12. The van der Waals surface area contributed by atoms with Crippen molar-refractivity contribution in [1.29, 1.82) is 0 Å². The average Bonchev–Trinajstić information content (AvgIpc) is 2.23. The zero-order chi connectivity index (χ0) is 11.1. The molecule has 0 saturated carbocycles. The van der Waals surface area contributed by atoms with Gasteiger partial charge in [-0.1, -0.05) is 6.07 Å². The van der Waals surface area contributed by atoms with E-state index in [-0.39, 0.29) is 5.82 Å². The summed E-state index contributed by atoms with van der Waals surface area (Å²) in [7, 11) is 0. The Balaban J connectivity index is 2.33. The normalized spacial score (nSPS) is 10.3. The van der Waals surface area contributed by atoms with Gasteiger partial charge < -0.3 is 4.74 Å². The summed E-state index contributed by atoms with van der Waals surface area (Å²) in [5.74, 6) is 0.734. The van der Waals surface area contributed by atoms with Crippen molar-refractivity contribution < 1.29 is 9.13 Å². The third-order valence-corrected chi connectivity index (χ3v) is 2.39. The molecule has 3 heteroatoms. The van der Waals surface area contributed by atoms with E-state index in [1.165, 1.54) is 6.07 Å². The first-order valence-corrected chi connectivity index (χ1v) is 5.72. The molecule has 0 unspecified atom stereocenters. The highest BCUT2D eigenvalue weighted by molar-refractivity contribution is 6.17. The first-order valence-electron chi connectivity index (χ1n) is 5.19. The number of benzene rings is 1. The van der Waals surface area contributed by atoms with Gasteiger partial charge in [-0.2, -0.15) is 0 Å². The molecule has 0 radical (unpaired) electrons. The standard InChI is InChI=1S/C12H16ClFO/c1-10-5-6-11(14)12(9-10)15-8-4-2-3-7-13/h5-6,9H,2-4,7-8H2,1H3. The van der Waals surface area contributed by atoms with E-state index in [1.54, 1.807) is 12.1 Å². The summed E-state index contributed by atoms with van der Waals surface area (Å²) in [6.45, 7) is 2.47. The monoisotopic (exact) mass is 230 g/mol. The third kappa shape index (κ3) is 4.52. The number of unbranched alkanes of at least 4 members (excludes halogenated alkanes) is 2. The van der Waals surface area contributed by atoms with Crippen molar-refractivity contribution in [3.05, 3.63) is 29.6 Å². The van der Waals surface area contributed by atoms with Gasteiger partial charge in [-0.05, 0) is 43.9 Å². The van der Waals surface area contributed by atoms with Gasteiger partial charge in [-0.3, -0.25) is 0 Å². The minimum absolute atomic E-state index is 0.294. The van der Waals surface area contributed by atoms with Crippen molar-refractivity contribution in [2.24, 2.45) is 0 Å². The molecule has 0 N–H and O–H groups in total. The summed E-state index contributed by atoms with van der Waals surface area (Å²) in [5.41, 5.74) is 1.01. The van der Waals surface area contributed by atoms with Gasteiger partial charge in [0.05, 0.1) is 6.61 Å². The lowest BCUT2D eigenvalue weighted by atomic mass is 10.2. The molecule has 0 aromatic heterocycles. The molecule has 0 amide bonds. The van der Waals surface area contributed by atoms with Gasteiger partial charge in [0.1, 0.15) is 0 Å². The molecule has 15 heavy (non-hydrogen) atoms. The Morgan fingerprint density at radius 2 is 2.07 bits per heavy atom. The lowest BCUT2D eigenvalue weighted by molar-refractivity contribution is 0.291. The molecule has 1 aromatic rings. The highest BCUT2D eigenvalue weighted by Gasteiger charge is 2.02. The number of ether oxygens (including phenoxy) is 1. The zero-order valence-corrected chi connectivity index (χ0v) is 9.69. The number of hydrogen-bond acceptors (Lipinski definition) is 1. The minimum Gasteiger partial charge on any atom is -0.491 e. The lowest BCUT2D eigenvalue weighted by Gasteiger charge is -2.07.